The summed E-state index contributed by atoms with van der Waals surface area (Å²) in [6, 6.07) is 2.45. The van der Waals surface area contributed by atoms with Crippen molar-refractivity contribution in [1.29, 1.82) is 0 Å². The molecule has 6 heteroatoms. The van der Waals surface area contributed by atoms with Gasteiger partial charge in [-0.2, -0.15) is 8.78 Å². The third-order valence-corrected chi connectivity index (χ3v) is 1.91. The van der Waals surface area contributed by atoms with E-state index in [9.17, 15) is 18.9 Å². The molecule has 0 aliphatic heterocycles. The molecule has 1 aromatic rings. The lowest BCUT2D eigenvalue weighted by molar-refractivity contribution is -0.385. The lowest BCUT2D eigenvalue weighted by Gasteiger charge is -2.08. The Bertz CT molecular complexity index is 393. The van der Waals surface area contributed by atoms with E-state index in [0.29, 0.717) is 11.1 Å². The number of benzene rings is 1. The van der Waals surface area contributed by atoms with E-state index in [1.807, 2.05) is 0 Å². The van der Waals surface area contributed by atoms with E-state index in [1.54, 1.807) is 0 Å². The van der Waals surface area contributed by atoms with Crippen molar-refractivity contribution >= 4 is 5.69 Å². The molecule has 0 spiro atoms. The van der Waals surface area contributed by atoms with Crippen LogP contribution < -0.4 is 4.74 Å². The number of hydrogen-bond acceptors (Lipinski definition) is 3. The molecule has 0 aromatic heterocycles. The van der Waals surface area contributed by atoms with Gasteiger partial charge in [0.25, 0.3) is 5.69 Å². The van der Waals surface area contributed by atoms with Crippen molar-refractivity contribution in [3.8, 4) is 5.75 Å². The highest BCUT2D eigenvalue weighted by atomic mass is 19.3. The van der Waals surface area contributed by atoms with Gasteiger partial charge in [-0.25, -0.2) is 0 Å². The van der Waals surface area contributed by atoms with Crippen molar-refractivity contribution in [3.63, 3.8) is 0 Å². The molecule has 82 valence electrons. The molecule has 4 nitrogen and oxygen atoms in total. The molecule has 0 fully saturated rings. The van der Waals surface area contributed by atoms with E-state index >= 15 is 0 Å². The second-order valence-corrected chi connectivity index (χ2v) is 3.04. The zero-order valence-electron chi connectivity index (χ0n) is 8.16. The Balaban J connectivity index is 3.13. The molecule has 0 aliphatic carbocycles. The lowest BCUT2D eigenvalue weighted by Crippen LogP contribution is -2.04. The number of alkyl halides is 2. The summed E-state index contributed by atoms with van der Waals surface area (Å²) in [5.41, 5.74) is 0.503. The highest BCUT2D eigenvalue weighted by molar-refractivity contribution is 5.49. The number of halogens is 2. The molecule has 0 saturated heterocycles. The summed E-state index contributed by atoms with van der Waals surface area (Å²) < 4.78 is 28.1. The highest BCUT2D eigenvalue weighted by Gasteiger charge is 2.15. The van der Waals surface area contributed by atoms with Gasteiger partial charge in [0.15, 0.2) is 0 Å². The molecule has 0 heterocycles. The van der Waals surface area contributed by atoms with Gasteiger partial charge in [-0.3, -0.25) is 10.1 Å². The predicted molar refractivity (Wildman–Crippen MR) is 49.2 cm³/mol. The first-order valence-electron chi connectivity index (χ1n) is 4.12. The van der Waals surface area contributed by atoms with Crippen LogP contribution in [0.2, 0.25) is 0 Å². The normalized spacial score (nSPS) is 10.5. The van der Waals surface area contributed by atoms with E-state index in [4.69, 9.17) is 0 Å². The Kier molecular flexibility index (Phi) is 3.18. The molecular weight excluding hydrogens is 208 g/mol. The van der Waals surface area contributed by atoms with Gasteiger partial charge < -0.3 is 4.74 Å². The number of hydrogen-bond donors (Lipinski definition) is 0. The van der Waals surface area contributed by atoms with Crippen LogP contribution in [0, 0.1) is 24.0 Å². The second kappa shape index (κ2) is 4.20. The quantitative estimate of drug-likeness (QED) is 0.577. The number of ether oxygens (including phenoxy) is 1. The Hall–Kier alpha value is -1.72. The standard InChI is InChI=1S/C9H9F2NO3/c1-5-4-8(15-9(10)11)6(2)3-7(5)12(13)14/h3-4,9H,1-2H3. The maximum atomic E-state index is 11.9. The van der Waals surface area contributed by atoms with Crippen LogP contribution in [-0.4, -0.2) is 11.5 Å². The van der Waals surface area contributed by atoms with Crippen LogP contribution in [0.25, 0.3) is 0 Å². The average molecular weight is 217 g/mol. The largest absolute Gasteiger partial charge is 0.435 e. The summed E-state index contributed by atoms with van der Waals surface area (Å²) in [4.78, 5) is 9.96. The molecule has 0 amide bonds. The number of nitro groups is 1. The van der Waals surface area contributed by atoms with Crippen LogP contribution in [0.4, 0.5) is 14.5 Å². The molecule has 0 atom stereocenters. The SMILES string of the molecule is Cc1cc([N+](=O)[O-])c(C)cc1OC(F)F. The zero-order valence-corrected chi connectivity index (χ0v) is 8.16. The minimum atomic E-state index is -2.93. The Labute approximate surface area is 84.6 Å². The summed E-state index contributed by atoms with van der Waals surface area (Å²) in [5, 5.41) is 10.5. The summed E-state index contributed by atoms with van der Waals surface area (Å²) in [5.74, 6) is -0.0342. The average Bonchev–Trinajstić information content (AvgIpc) is 2.09. The van der Waals surface area contributed by atoms with Gasteiger partial charge in [-0.1, -0.05) is 0 Å². The van der Waals surface area contributed by atoms with Crippen molar-refractivity contribution in [2.75, 3.05) is 0 Å². The zero-order chi connectivity index (χ0) is 11.6. The van der Waals surface area contributed by atoms with Crippen LogP contribution in [0.5, 0.6) is 5.75 Å². The fraction of sp³-hybridized carbons (Fsp3) is 0.333. The molecule has 0 radical (unpaired) electrons. The Morgan fingerprint density at radius 1 is 1.33 bits per heavy atom. The van der Waals surface area contributed by atoms with Gasteiger partial charge in [0.05, 0.1) is 4.92 Å². The summed E-state index contributed by atoms with van der Waals surface area (Å²) in [6.07, 6.45) is 0. The van der Waals surface area contributed by atoms with Crippen LogP contribution in [0.15, 0.2) is 12.1 Å². The van der Waals surface area contributed by atoms with Crippen LogP contribution in [0.1, 0.15) is 11.1 Å². The molecule has 1 rings (SSSR count). The number of nitro benzene ring substituents is 1. The van der Waals surface area contributed by atoms with Crippen molar-refractivity contribution in [2.45, 2.75) is 20.5 Å². The first-order chi connectivity index (χ1) is 6.91. The van der Waals surface area contributed by atoms with Crippen molar-refractivity contribution < 1.29 is 18.4 Å². The number of aryl methyl sites for hydroxylation is 2. The molecular formula is C9H9F2NO3. The van der Waals surface area contributed by atoms with E-state index in [0.717, 1.165) is 0 Å². The van der Waals surface area contributed by atoms with E-state index < -0.39 is 11.5 Å². The molecule has 0 aliphatic rings. The second-order valence-electron chi connectivity index (χ2n) is 3.04. The summed E-state index contributed by atoms with van der Waals surface area (Å²) in [7, 11) is 0. The minimum absolute atomic E-state index is 0.0342. The van der Waals surface area contributed by atoms with Gasteiger partial charge >= 0.3 is 6.61 Å². The lowest BCUT2D eigenvalue weighted by atomic mass is 10.1. The van der Waals surface area contributed by atoms with Crippen molar-refractivity contribution in [1.82, 2.24) is 0 Å². The van der Waals surface area contributed by atoms with Gasteiger partial charge in [-0.05, 0) is 25.5 Å². The van der Waals surface area contributed by atoms with E-state index in [-0.39, 0.29) is 11.4 Å². The van der Waals surface area contributed by atoms with Gasteiger partial charge in [0, 0.05) is 11.6 Å². The molecule has 0 N–H and O–H groups in total. The predicted octanol–water partition coefficient (Wildman–Crippen LogP) is 2.81. The molecule has 0 saturated carbocycles. The van der Waals surface area contributed by atoms with Gasteiger partial charge in [0.1, 0.15) is 5.75 Å². The fourth-order valence-corrected chi connectivity index (χ4v) is 1.19. The van der Waals surface area contributed by atoms with Crippen molar-refractivity contribution in [2.24, 2.45) is 0 Å². The molecule has 15 heavy (non-hydrogen) atoms. The van der Waals surface area contributed by atoms with Crippen LogP contribution in [-0.2, 0) is 0 Å². The van der Waals surface area contributed by atoms with Gasteiger partial charge in [-0.15, -0.1) is 0 Å². The summed E-state index contributed by atoms with van der Waals surface area (Å²) in [6.45, 7) is 0.0182. The minimum Gasteiger partial charge on any atom is -0.435 e. The Morgan fingerprint density at radius 2 is 1.93 bits per heavy atom. The van der Waals surface area contributed by atoms with E-state index in [2.05, 4.69) is 4.74 Å². The van der Waals surface area contributed by atoms with Crippen LogP contribution >= 0.6 is 0 Å². The first kappa shape index (κ1) is 11.4. The Morgan fingerprint density at radius 3 is 2.40 bits per heavy atom. The maximum Gasteiger partial charge on any atom is 0.387 e. The smallest absolute Gasteiger partial charge is 0.387 e. The molecule has 0 unspecified atom stereocenters. The van der Waals surface area contributed by atoms with Gasteiger partial charge in [0.2, 0.25) is 0 Å². The summed E-state index contributed by atoms with van der Waals surface area (Å²) >= 11 is 0. The third-order valence-electron chi connectivity index (χ3n) is 1.91. The monoisotopic (exact) mass is 217 g/mol. The fourth-order valence-electron chi connectivity index (χ4n) is 1.19. The third kappa shape index (κ3) is 2.61. The number of nitrogens with zero attached hydrogens (tertiary/aromatic N) is 1. The topological polar surface area (TPSA) is 52.4 Å². The van der Waals surface area contributed by atoms with E-state index in [1.165, 1.54) is 26.0 Å². The molecule has 0 bridgehead atoms. The first-order valence-corrected chi connectivity index (χ1v) is 4.12. The highest BCUT2D eigenvalue weighted by Crippen LogP contribution is 2.28. The van der Waals surface area contributed by atoms with Crippen LogP contribution in [0.3, 0.4) is 0 Å². The maximum absolute atomic E-state index is 11.9. The van der Waals surface area contributed by atoms with Crippen molar-refractivity contribution in [3.05, 3.63) is 33.4 Å². The molecule has 1 aromatic carbocycles. The number of rotatable bonds is 3.